The van der Waals surface area contributed by atoms with Gasteiger partial charge in [0.05, 0.1) is 11.8 Å². The number of nitrogens with zero attached hydrogens (tertiary/aromatic N) is 2. The zero-order chi connectivity index (χ0) is 13.9. The van der Waals surface area contributed by atoms with Crippen LogP contribution < -0.4 is 0 Å². The Balaban J connectivity index is 1.74. The van der Waals surface area contributed by atoms with Crippen LogP contribution in [0.1, 0.15) is 28.8 Å². The summed E-state index contributed by atoms with van der Waals surface area (Å²) in [6.07, 6.45) is 5.80. The van der Waals surface area contributed by atoms with Crippen molar-refractivity contribution in [2.75, 3.05) is 6.54 Å². The minimum absolute atomic E-state index is 0.00217. The van der Waals surface area contributed by atoms with Crippen LogP contribution in [0, 0.1) is 5.82 Å². The van der Waals surface area contributed by atoms with Gasteiger partial charge in [-0.15, -0.1) is 0 Å². The normalized spacial score (nSPS) is 18.4. The molecule has 0 saturated carbocycles. The zero-order valence-electron chi connectivity index (χ0n) is 11.1. The molecule has 104 valence electrons. The number of nitrogens with one attached hydrogen (secondary N) is 1. The summed E-state index contributed by atoms with van der Waals surface area (Å²) < 4.78 is 13.2. The summed E-state index contributed by atoms with van der Waals surface area (Å²) in [6.45, 7) is 0.754. The Labute approximate surface area is 116 Å². The van der Waals surface area contributed by atoms with E-state index in [0.29, 0.717) is 12.0 Å². The molecule has 2 aromatic rings. The fourth-order valence-corrected chi connectivity index (χ4v) is 2.78. The first kappa shape index (κ1) is 12.8. The molecular formula is C15H16FN3O. The number of hydrogen-bond acceptors (Lipinski definition) is 2. The van der Waals surface area contributed by atoms with Crippen molar-refractivity contribution >= 4 is 5.91 Å². The average Bonchev–Trinajstić information content (AvgIpc) is 3.09. The number of amides is 1. The van der Waals surface area contributed by atoms with Crippen molar-refractivity contribution in [3.8, 4) is 0 Å². The van der Waals surface area contributed by atoms with E-state index in [4.69, 9.17) is 0 Å². The van der Waals surface area contributed by atoms with E-state index in [9.17, 15) is 9.18 Å². The molecule has 0 unspecified atom stereocenters. The predicted molar refractivity (Wildman–Crippen MR) is 72.8 cm³/mol. The van der Waals surface area contributed by atoms with Crippen LogP contribution in [0.4, 0.5) is 4.39 Å². The van der Waals surface area contributed by atoms with Gasteiger partial charge in [-0.1, -0.05) is 12.1 Å². The molecule has 0 radical (unpaired) electrons. The molecule has 0 bridgehead atoms. The second kappa shape index (κ2) is 5.45. The Morgan fingerprint density at radius 2 is 2.40 bits per heavy atom. The van der Waals surface area contributed by atoms with Gasteiger partial charge in [-0.05, 0) is 37.0 Å². The van der Waals surface area contributed by atoms with Crippen molar-refractivity contribution in [3.05, 3.63) is 53.6 Å². The minimum Gasteiger partial charge on any atom is -0.335 e. The van der Waals surface area contributed by atoms with Crippen LogP contribution in [0.2, 0.25) is 0 Å². The maximum absolute atomic E-state index is 13.2. The summed E-state index contributed by atoms with van der Waals surface area (Å²) in [5.74, 6) is -0.231. The van der Waals surface area contributed by atoms with E-state index in [0.717, 1.165) is 24.9 Å². The van der Waals surface area contributed by atoms with Gasteiger partial charge in [0.2, 0.25) is 0 Å². The minimum atomic E-state index is -0.229. The number of rotatable bonds is 3. The number of carbonyl (C=O) groups excluding carboxylic acids is 1. The van der Waals surface area contributed by atoms with Crippen LogP contribution in [0.3, 0.4) is 0 Å². The molecule has 4 nitrogen and oxygen atoms in total. The maximum atomic E-state index is 13.2. The van der Waals surface area contributed by atoms with E-state index >= 15 is 0 Å². The third-order valence-electron chi connectivity index (χ3n) is 3.74. The van der Waals surface area contributed by atoms with Gasteiger partial charge in [-0.3, -0.25) is 9.89 Å². The van der Waals surface area contributed by atoms with Gasteiger partial charge in [0.25, 0.3) is 5.91 Å². The van der Waals surface area contributed by atoms with Gasteiger partial charge in [0.1, 0.15) is 5.82 Å². The molecule has 20 heavy (non-hydrogen) atoms. The van der Waals surface area contributed by atoms with E-state index in [1.807, 2.05) is 11.0 Å². The molecule has 1 aliphatic rings. The topological polar surface area (TPSA) is 49.0 Å². The van der Waals surface area contributed by atoms with E-state index in [1.165, 1.54) is 6.07 Å². The Hall–Kier alpha value is -2.17. The number of hydrogen-bond donors (Lipinski definition) is 1. The second-order valence-corrected chi connectivity index (χ2v) is 5.12. The van der Waals surface area contributed by atoms with Crippen molar-refractivity contribution in [1.29, 1.82) is 0 Å². The summed E-state index contributed by atoms with van der Waals surface area (Å²) in [5.41, 5.74) is 1.51. The van der Waals surface area contributed by atoms with Gasteiger partial charge >= 0.3 is 0 Å². The lowest BCUT2D eigenvalue weighted by Crippen LogP contribution is -2.36. The van der Waals surface area contributed by atoms with Crippen LogP contribution in [-0.2, 0) is 6.42 Å². The molecule has 1 amide bonds. The van der Waals surface area contributed by atoms with E-state index in [1.54, 1.807) is 24.5 Å². The van der Waals surface area contributed by atoms with E-state index in [2.05, 4.69) is 10.2 Å². The van der Waals surface area contributed by atoms with E-state index < -0.39 is 0 Å². The van der Waals surface area contributed by atoms with Crippen molar-refractivity contribution < 1.29 is 9.18 Å². The number of aromatic amines is 1. The first-order valence-corrected chi connectivity index (χ1v) is 6.78. The number of aromatic nitrogens is 2. The van der Waals surface area contributed by atoms with Crippen LogP contribution in [0.15, 0.2) is 36.7 Å². The van der Waals surface area contributed by atoms with Crippen LogP contribution in [0.5, 0.6) is 0 Å². The monoisotopic (exact) mass is 273 g/mol. The van der Waals surface area contributed by atoms with Gasteiger partial charge < -0.3 is 4.90 Å². The highest BCUT2D eigenvalue weighted by molar-refractivity contribution is 5.94. The molecule has 2 heterocycles. The fourth-order valence-electron chi connectivity index (χ4n) is 2.78. The van der Waals surface area contributed by atoms with Gasteiger partial charge in [0.15, 0.2) is 0 Å². The Kier molecular flexibility index (Phi) is 3.50. The lowest BCUT2D eigenvalue weighted by atomic mass is 10.0. The maximum Gasteiger partial charge on any atom is 0.257 e. The summed E-state index contributed by atoms with van der Waals surface area (Å²) in [5, 5.41) is 6.47. The molecule has 0 spiro atoms. The molecule has 5 heteroatoms. The molecule has 3 rings (SSSR count). The number of benzene rings is 1. The standard InChI is InChI=1S/C15H16FN3O/c16-13-4-1-3-11(7-13)8-14-5-2-6-19(14)15(20)12-9-17-18-10-12/h1,3-4,7,9-10,14H,2,5-6,8H2,(H,17,18)/t14-/m1/s1. The molecule has 1 aromatic heterocycles. The summed E-state index contributed by atoms with van der Waals surface area (Å²) in [6, 6.07) is 6.73. The van der Waals surface area contributed by atoms with Gasteiger partial charge in [-0.2, -0.15) is 5.10 Å². The molecular weight excluding hydrogens is 257 g/mol. The fraction of sp³-hybridized carbons (Fsp3) is 0.333. The largest absolute Gasteiger partial charge is 0.335 e. The molecule has 1 N–H and O–H groups in total. The third kappa shape index (κ3) is 2.57. The quantitative estimate of drug-likeness (QED) is 0.933. The lowest BCUT2D eigenvalue weighted by molar-refractivity contribution is 0.0736. The second-order valence-electron chi connectivity index (χ2n) is 5.12. The average molecular weight is 273 g/mol. The van der Waals surface area contributed by atoms with Crippen LogP contribution >= 0.6 is 0 Å². The number of H-pyrrole nitrogens is 1. The Bertz CT molecular complexity index is 597. The number of carbonyl (C=O) groups is 1. The molecule has 1 aliphatic heterocycles. The van der Waals surface area contributed by atoms with Crippen molar-refractivity contribution in [2.45, 2.75) is 25.3 Å². The highest BCUT2D eigenvalue weighted by Gasteiger charge is 2.29. The van der Waals surface area contributed by atoms with Crippen LogP contribution in [0.25, 0.3) is 0 Å². The first-order valence-electron chi connectivity index (χ1n) is 6.78. The molecule has 1 aromatic carbocycles. The molecule has 1 saturated heterocycles. The molecule has 1 atom stereocenters. The lowest BCUT2D eigenvalue weighted by Gasteiger charge is -2.24. The smallest absolute Gasteiger partial charge is 0.257 e. The molecule has 1 fully saturated rings. The van der Waals surface area contributed by atoms with Crippen molar-refractivity contribution in [2.24, 2.45) is 0 Å². The SMILES string of the molecule is O=C(c1cn[nH]c1)N1CCC[C@@H]1Cc1cccc(F)c1. The van der Waals surface area contributed by atoms with Crippen molar-refractivity contribution in [1.82, 2.24) is 15.1 Å². The van der Waals surface area contributed by atoms with Gasteiger partial charge in [-0.25, -0.2) is 4.39 Å². The Morgan fingerprint density at radius 3 is 3.15 bits per heavy atom. The predicted octanol–water partition coefficient (Wildman–Crippen LogP) is 2.40. The zero-order valence-corrected chi connectivity index (χ0v) is 11.1. The van der Waals surface area contributed by atoms with Gasteiger partial charge in [0, 0.05) is 18.8 Å². The molecule has 0 aliphatic carbocycles. The van der Waals surface area contributed by atoms with Crippen LogP contribution in [-0.4, -0.2) is 33.6 Å². The Morgan fingerprint density at radius 1 is 1.50 bits per heavy atom. The highest BCUT2D eigenvalue weighted by Crippen LogP contribution is 2.23. The third-order valence-corrected chi connectivity index (χ3v) is 3.74. The first-order chi connectivity index (χ1) is 9.74. The number of likely N-dealkylation sites (tertiary alicyclic amines) is 1. The summed E-state index contributed by atoms with van der Waals surface area (Å²) in [4.78, 5) is 14.2. The summed E-state index contributed by atoms with van der Waals surface area (Å²) >= 11 is 0. The van der Waals surface area contributed by atoms with Crippen molar-refractivity contribution in [3.63, 3.8) is 0 Å². The number of halogens is 1. The summed E-state index contributed by atoms with van der Waals surface area (Å²) in [7, 11) is 0. The van der Waals surface area contributed by atoms with E-state index in [-0.39, 0.29) is 17.8 Å². The highest BCUT2D eigenvalue weighted by atomic mass is 19.1.